The maximum atomic E-state index is 6.00. The lowest BCUT2D eigenvalue weighted by Crippen LogP contribution is -2.19. The first-order valence-electron chi connectivity index (χ1n) is 7.17. The van der Waals surface area contributed by atoms with Crippen LogP contribution in [0.15, 0.2) is 29.2 Å². The van der Waals surface area contributed by atoms with Crippen LogP contribution in [0.1, 0.15) is 51.0 Å². The van der Waals surface area contributed by atoms with Crippen LogP contribution in [0.4, 0.5) is 0 Å². The minimum atomic E-state index is 0.575. The highest BCUT2D eigenvalue weighted by molar-refractivity contribution is 7.99. The summed E-state index contributed by atoms with van der Waals surface area (Å²) in [7, 11) is 0. The quantitative estimate of drug-likeness (QED) is 0.796. The summed E-state index contributed by atoms with van der Waals surface area (Å²) in [6.45, 7) is 5.26. The first kappa shape index (κ1) is 14.0. The molecule has 1 aliphatic carbocycles. The van der Waals surface area contributed by atoms with Gasteiger partial charge in [-0.3, -0.25) is 0 Å². The van der Waals surface area contributed by atoms with Gasteiger partial charge >= 0.3 is 0 Å². The molecule has 0 aromatic heterocycles. The second-order valence-electron chi connectivity index (χ2n) is 5.62. The molecule has 0 radical (unpaired) electrons. The summed E-state index contributed by atoms with van der Waals surface area (Å²) < 4.78 is 0. The summed E-state index contributed by atoms with van der Waals surface area (Å²) in [6.07, 6.45) is 5.51. The molecule has 1 aliphatic rings. The van der Waals surface area contributed by atoms with E-state index in [2.05, 4.69) is 38.1 Å². The number of nitrogens with two attached hydrogens (primary N) is 1. The van der Waals surface area contributed by atoms with Gasteiger partial charge in [-0.05, 0) is 48.9 Å². The van der Waals surface area contributed by atoms with E-state index >= 15 is 0 Å². The third-order valence-electron chi connectivity index (χ3n) is 3.90. The van der Waals surface area contributed by atoms with Crippen LogP contribution in [0, 0.1) is 5.92 Å². The summed E-state index contributed by atoms with van der Waals surface area (Å²) in [5.41, 5.74) is 7.44. The third-order valence-corrected chi connectivity index (χ3v) is 4.92. The predicted molar refractivity (Wildman–Crippen MR) is 81.2 cm³/mol. The Morgan fingerprint density at radius 1 is 1.17 bits per heavy atom. The van der Waals surface area contributed by atoms with Crippen molar-refractivity contribution in [2.45, 2.75) is 55.6 Å². The maximum absolute atomic E-state index is 6.00. The molecule has 1 atom stereocenters. The van der Waals surface area contributed by atoms with Gasteiger partial charge in [0, 0.05) is 10.1 Å². The van der Waals surface area contributed by atoms with E-state index in [1.165, 1.54) is 36.1 Å². The Morgan fingerprint density at radius 3 is 2.28 bits per heavy atom. The van der Waals surface area contributed by atoms with Crippen molar-refractivity contribution in [1.29, 1.82) is 0 Å². The molecule has 2 heteroatoms. The highest BCUT2D eigenvalue weighted by Gasteiger charge is 2.25. The van der Waals surface area contributed by atoms with E-state index in [-0.39, 0.29) is 0 Å². The van der Waals surface area contributed by atoms with Crippen molar-refractivity contribution in [2.24, 2.45) is 11.7 Å². The van der Waals surface area contributed by atoms with E-state index in [0.29, 0.717) is 11.2 Å². The number of hydrogen-bond donors (Lipinski definition) is 1. The summed E-state index contributed by atoms with van der Waals surface area (Å²) >= 11 is 1.93. The van der Waals surface area contributed by atoms with Crippen LogP contribution >= 0.6 is 11.8 Å². The molecule has 1 aromatic rings. The van der Waals surface area contributed by atoms with Crippen LogP contribution in [0.5, 0.6) is 0 Å². The number of benzene rings is 1. The van der Waals surface area contributed by atoms with Crippen LogP contribution < -0.4 is 5.73 Å². The van der Waals surface area contributed by atoms with Crippen molar-refractivity contribution in [3.63, 3.8) is 0 Å². The summed E-state index contributed by atoms with van der Waals surface area (Å²) in [5, 5.41) is 0.649. The van der Waals surface area contributed by atoms with E-state index in [0.717, 1.165) is 12.5 Å². The standard InChI is InChI=1S/C16H25NS/c1-12(2)18-15-9-7-14(8-10-15)16(11-17)13-5-3-4-6-13/h7-10,12-13,16H,3-6,11,17H2,1-2H3. The van der Waals surface area contributed by atoms with Gasteiger partial charge in [-0.15, -0.1) is 11.8 Å². The molecule has 100 valence electrons. The summed E-state index contributed by atoms with van der Waals surface area (Å²) in [4.78, 5) is 1.37. The molecule has 1 saturated carbocycles. The van der Waals surface area contributed by atoms with Crippen LogP contribution in [0.3, 0.4) is 0 Å². The minimum absolute atomic E-state index is 0.575. The van der Waals surface area contributed by atoms with Crippen molar-refractivity contribution in [3.8, 4) is 0 Å². The van der Waals surface area contributed by atoms with Crippen molar-refractivity contribution < 1.29 is 0 Å². The molecule has 0 bridgehead atoms. The molecule has 0 amide bonds. The molecule has 1 fully saturated rings. The molecule has 0 spiro atoms. The topological polar surface area (TPSA) is 26.0 Å². The van der Waals surface area contributed by atoms with E-state index in [1.54, 1.807) is 0 Å². The number of hydrogen-bond acceptors (Lipinski definition) is 2. The number of rotatable bonds is 5. The zero-order chi connectivity index (χ0) is 13.0. The van der Waals surface area contributed by atoms with Crippen LogP contribution in [-0.2, 0) is 0 Å². The van der Waals surface area contributed by atoms with Crippen molar-refractivity contribution in [3.05, 3.63) is 29.8 Å². The zero-order valence-electron chi connectivity index (χ0n) is 11.6. The predicted octanol–water partition coefficient (Wildman–Crippen LogP) is 4.42. The Morgan fingerprint density at radius 2 is 1.78 bits per heavy atom. The maximum Gasteiger partial charge on any atom is 0.00747 e. The molecule has 0 saturated heterocycles. The lowest BCUT2D eigenvalue weighted by molar-refractivity contribution is 0.440. The summed E-state index contributed by atoms with van der Waals surface area (Å²) in [5.74, 6) is 1.39. The van der Waals surface area contributed by atoms with Crippen LogP contribution in [0.2, 0.25) is 0 Å². The lowest BCUT2D eigenvalue weighted by Gasteiger charge is -2.22. The van der Waals surface area contributed by atoms with Gasteiger partial charge in [-0.25, -0.2) is 0 Å². The van der Waals surface area contributed by atoms with Gasteiger partial charge in [0.2, 0.25) is 0 Å². The Bertz CT molecular complexity index is 352. The van der Waals surface area contributed by atoms with E-state index in [1.807, 2.05) is 11.8 Å². The SMILES string of the molecule is CC(C)Sc1ccc(C(CN)C2CCCC2)cc1. The highest BCUT2D eigenvalue weighted by Crippen LogP contribution is 2.37. The molecule has 2 N–H and O–H groups in total. The van der Waals surface area contributed by atoms with Gasteiger partial charge in [0.05, 0.1) is 0 Å². The second kappa shape index (κ2) is 6.63. The average molecular weight is 263 g/mol. The average Bonchev–Trinajstić information content (AvgIpc) is 2.85. The normalized spacial score (nSPS) is 18.4. The van der Waals surface area contributed by atoms with Crippen LogP contribution in [-0.4, -0.2) is 11.8 Å². The molecule has 0 heterocycles. The monoisotopic (exact) mass is 263 g/mol. The summed E-state index contributed by atoms with van der Waals surface area (Å²) in [6, 6.07) is 9.11. The fourth-order valence-electron chi connectivity index (χ4n) is 3.03. The Hall–Kier alpha value is -0.470. The van der Waals surface area contributed by atoms with Gasteiger partial charge in [0.15, 0.2) is 0 Å². The van der Waals surface area contributed by atoms with Gasteiger partial charge in [0.1, 0.15) is 0 Å². The fraction of sp³-hybridized carbons (Fsp3) is 0.625. The smallest absolute Gasteiger partial charge is 0.00747 e. The molecule has 2 rings (SSSR count). The molecule has 18 heavy (non-hydrogen) atoms. The van der Waals surface area contributed by atoms with Crippen molar-refractivity contribution in [1.82, 2.24) is 0 Å². The third kappa shape index (κ3) is 3.52. The first-order chi connectivity index (χ1) is 8.70. The van der Waals surface area contributed by atoms with Gasteiger partial charge in [-0.1, -0.05) is 38.8 Å². The Kier molecular flexibility index (Phi) is 5.13. The minimum Gasteiger partial charge on any atom is -0.330 e. The molecular weight excluding hydrogens is 238 g/mol. The van der Waals surface area contributed by atoms with Crippen molar-refractivity contribution in [2.75, 3.05) is 6.54 Å². The van der Waals surface area contributed by atoms with Gasteiger partial charge in [-0.2, -0.15) is 0 Å². The van der Waals surface area contributed by atoms with Gasteiger partial charge in [0.25, 0.3) is 0 Å². The van der Waals surface area contributed by atoms with Gasteiger partial charge < -0.3 is 5.73 Å². The molecular formula is C16H25NS. The zero-order valence-corrected chi connectivity index (χ0v) is 12.4. The van der Waals surface area contributed by atoms with Crippen molar-refractivity contribution >= 4 is 11.8 Å². The highest BCUT2D eigenvalue weighted by atomic mass is 32.2. The second-order valence-corrected chi connectivity index (χ2v) is 7.27. The van der Waals surface area contributed by atoms with E-state index in [9.17, 15) is 0 Å². The Labute approximate surface area is 116 Å². The largest absolute Gasteiger partial charge is 0.330 e. The lowest BCUT2D eigenvalue weighted by atomic mass is 9.85. The first-order valence-corrected chi connectivity index (χ1v) is 8.05. The van der Waals surface area contributed by atoms with E-state index < -0.39 is 0 Å². The van der Waals surface area contributed by atoms with E-state index in [4.69, 9.17) is 5.73 Å². The molecule has 1 nitrogen and oxygen atoms in total. The molecule has 0 aliphatic heterocycles. The number of thioether (sulfide) groups is 1. The fourth-order valence-corrected chi connectivity index (χ4v) is 3.86. The van der Waals surface area contributed by atoms with Crippen LogP contribution in [0.25, 0.3) is 0 Å². The Balaban J connectivity index is 2.06. The molecule has 1 aromatic carbocycles. The molecule has 1 unspecified atom stereocenters.